The van der Waals surface area contributed by atoms with Gasteiger partial charge in [0.05, 0.1) is 25.5 Å². The number of anilines is 4. The molecule has 2 N–H and O–H groups in total. The molecule has 0 spiro atoms. The van der Waals surface area contributed by atoms with Gasteiger partial charge in [-0.3, -0.25) is 9.78 Å². The summed E-state index contributed by atoms with van der Waals surface area (Å²) in [7, 11) is 0. The van der Waals surface area contributed by atoms with Crippen molar-refractivity contribution in [3.05, 3.63) is 103 Å². The van der Waals surface area contributed by atoms with Gasteiger partial charge < -0.3 is 24.8 Å². The van der Waals surface area contributed by atoms with Crippen molar-refractivity contribution in [2.24, 2.45) is 0 Å². The summed E-state index contributed by atoms with van der Waals surface area (Å²) < 4.78 is 7.59. The average molecular weight is 506 g/mol. The number of hydrogen-bond donors (Lipinski definition) is 2. The van der Waals surface area contributed by atoms with E-state index in [4.69, 9.17) is 4.74 Å². The van der Waals surface area contributed by atoms with Crippen LogP contribution in [-0.4, -0.2) is 51.7 Å². The molecule has 0 bridgehead atoms. The molecular weight excluding hydrogens is 478 g/mol. The fourth-order valence-corrected chi connectivity index (χ4v) is 4.59. The zero-order chi connectivity index (χ0) is 25.7. The van der Waals surface area contributed by atoms with Crippen molar-refractivity contribution in [3.63, 3.8) is 0 Å². The smallest absolute Gasteiger partial charge is 0.261 e. The van der Waals surface area contributed by atoms with Gasteiger partial charge in [0.25, 0.3) is 5.91 Å². The van der Waals surface area contributed by atoms with Gasteiger partial charge in [-0.05, 0) is 60.7 Å². The third-order valence-corrected chi connectivity index (χ3v) is 6.55. The molecule has 1 amide bonds. The van der Waals surface area contributed by atoms with Gasteiger partial charge in [0, 0.05) is 59.6 Å². The maximum Gasteiger partial charge on any atom is 0.261 e. The van der Waals surface area contributed by atoms with Crippen molar-refractivity contribution in [1.82, 2.24) is 19.5 Å². The number of benzene rings is 2. The van der Waals surface area contributed by atoms with Gasteiger partial charge in [-0.15, -0.1) is 0 Å². The lowest BCUT2D eigenvalue weighted by Gasteiger charge is -2.28. The molecule has 38 heavy (non-hydrogen) atoms. The SMILES string of the molecule is O=C(Nc1ccc(N2CCOCC2)cc1)c1cncnc1Nc1ccc2c(ccn2Cc2ccccn2)c1. The van der Waals surface area contributed by atoms with Crippen LogP contribution in [0.1, 0.15) is 16.1 Å². The van der Waals surface area contributed by atoms with E-state index >= 15 is 0 Å². The summed E-state index contributed by atoms with van der Waals surface area (Å²) in [6, 6.07) is 21.9. The number of rotatable bonds is 7. The summed E-state index contributed by atoms with van der Waals surface area (Å²) in [5.41, 5.74) is 5.11. The van der Waals surface area contributed by atoms with Crippen molar-refractivity contribution in [2.75, 3.05) is 41.8 Å². The molecular formula is C29H27N7O2. The van der Waals surface area contributed by atoms with E-state index in [1.807, 2.05) is 54.6 Å². The van der Waals surface area contributed by atoms with E-state index in [-0.39, 0.29) is 5.91 Å². The molecule has 2 aromatic carbocycles. The maximum atomic E-state index is 13.1. The van der Waals surface area contributed by atoms with Crippen LogP contribution in [0.15, 0.2) is 91.6 Å². The van der Waals surface area contributed by atoms with Gasteiger partial charge >= 0.3 is 0 Å². The second-order valence-electron chi connectivity index (χ2n) is 9.05. The number of ether oxygens (including phenoxy) is 1. The standard InChI is InChI=1S/C29H27N7O2/c37-29(34-22-4-7-25(8-5-22)35-13-15-38-16-14-35)26-18-30-20-32-28(26)33-23-6-9-27-21(17-23)10-12-36(27)19-24-3-1-2-11-31-24/h1-12,17-18,20H,13-16,19H2,(H,34,37)(H,30,32,33). The third-order valence-electron chi connectivity index (χ3n) is 6.55. The molecule has 1 aliphatic rings. The summed E-state index contributed by atoms with van der Waals surface area (Å²) in [6.45, 7) is 3.88. The van der Waals surface area contributed by atoms with E-state index in [1.54, 1.807) is 6.20 Å². The van der Waals surface area contributed by atoms with Gasteiger partial charge in [0.2, 0.25) is 0 Å². The molecule has 190 valence electrons. The number of carbonyl (C=O) groups excluding carboxylic acids is 1. The monoisotopic (exact) mass is 505 g/mol. The summed E-state index contributed by atoms with van der Waals surface area (Å²) in [5, 5.41) is 7.32. The molecule has 9 heteroatoms. The summed E-state index contributed by atoms with van der Waals surface area (Å²) in [4.78, 5) is 28.2. The number of hydrogen-bond acceptors (Lipinski definition) is 7. The minimum absolute atomic E-state index is 0.283. The Morgan fingerprint density at radius 1 is 0.947 bits per heavy atom. The van der Waals surface area contributed by atoms with Gasteiger partial charge in [-0.2, -0.15) is 0 Å². The maximum absolute atomic E-state index is 13.1. The minimum Gasteiger partial charge on any atom is -0.378 e. The van der Waals surface area contributed by atoms with Crippen LogP contribution in [0.2, 0.25) is 0 Å². The molecule has 9 nitrogen and oxygen atoms in total. The number of nitrogens with zero attached hydrogens (tertiary/aromatic N) is 5. The van der Waals surface area contributed by atoms with Crippen LogP contribution in [0.25, 0.3) is 10.9 Å². The number of aromatic nitrogens is 4. The molecule has 4 heterocycles. The lowest BCUT2D eigenvalue weighted by Crippen LogP contribution is -2.36. The number of fused-ring (bicyclic) bond motifs is 1. The number of pyridine rings is 1. The number of carbonyl (C=O) groups is 1. The highest BCUT2D eigenvalue weighted by atomic mass is 16.5. The Bertz CT molecular complexity index is 1540. The Morgan fingerprint density at radius 2 is 1.79 bits per heavy atom. The Labute approximate surface area is 220 Å². The molecule has 0 aliphatic carbocycles. The van der Waals surface area contributed by atoms with Gasteiger partial charge in [0.1, 0.15) is 17.7 Å². The first-order chi connectivity index (χ1) is 18.7. The van der Waals surface area contributed by atoms with Crippen LogP contribution in [0.4, 0.5) is 22.9 Å². The molecule has 0 atom stereocenters. The number of morpholine rings is 1. The van der Waals surface area contributed by atoms with Crippen molar-refractivity contribution >= 4 is 39.7 Å². The second-order valence-corrected chi connectivity index (χ2v) is 9.05. The van der Waals surface area contributed by atoms with Crippen LogP contribution in [0, 0.1) is 0 Å². The highest BCUT2D eigenvalue weighted by Gasteiger charge is 2.15. The van der Waals surface area contributed by atoms with Crippen LogP contribution < -0.4 is 15.5 Å². The Kier molecular flexibility index (Phi) is 6.65. The summed E-state index contributed by atoms with van der Waals surface area (Å²) in [5.74, 6) is 0.157. The molecule has 1 aliphatic heterocycles. The average Bonchev–Trinajstić information content (AvgIpc) is 3.36. The van der Waals surface area contributed by atoms with Gasteiger partial charge in [0.15, 0.2) is 0 Å². The second kappa shape index (κ2) is 10.7. The summed E-state index contributed by atoms with van der Waals surface area (Å²) >= 11 is 0. The largest absolute Gasteiger partial charge is 0.378 e. The van der Waals surface area contributed by atoms with E-state index in [9.17, 15) is 4.79 Å². The molecule has 0 unspecified atom stereocenters. The van der Waals surface area contributed by atoms with Gasteiger partial charge in [-0.25, -0.2) is 9.97 Å². The fourth-order valence-electron chi connectivity index (χ4n) is 4.59. The number of nitrogens with one attached hydrogen (secondary N) is 2. The van der Waals surface area contributed by atoms with E-state index in [0.717, 1.165) is 54.3 Å². The van der Waals surface area contributed by atoms with Crippen LogP contribution in [-0.2, 0) is 11.3 Å². The summed E-state index contributed by atoms with van der Waals surface area (Å²) in [6.07, 6.45) is 6.81. The first-order valence-corrected chi connectivity index (χ1v) is 12.5. The van der Waals surface area contributed by atoms with Crippen LogP contribution in [0.3, 0.4) is 0 Å². The van der Waals surface area contributed by atoms with E-state index in [0.29, 0.717) is 23.6 Å². The highest BCUT2D eigenvalue weighted by Crippen LogP contribution is 2.25. The number of amides is 1. The molecule has 3 aromatic heterocycles. The van der Waals surface area contributed by atoms with E-state index < -0.39 is 0 Å². The fraction of sp³-hybridized carbons (Fsp3) is 0.172. The topological polar surface area (TPSA) is 97.2 Å². The third kappa shape index (κ3) is 5.18. The molecule has 1 fully saturated rings. The van der Waals surface area contributed by atoms with Gasteiger partial charge in [-0.1, -0.05) is 6.07 Å². The zero-order valence-electron chi connectivity index (χ0n) is 20.7. The van der Waals surface area contributed by atoms with Crippen molar-refractivity contribution in [3.8, 4) is 0 Å². The quantitative estimate of drug-likeness (QED) is 0.331. The minimum atomic E-state index is -0.283. The molecule has 6 rings (SSSR count). The first-order valence-electron chi connectivity index (χ1n) is 12.5. The molecule has 0 saturated carbocycles. The van der Waals surface area contributed by atoms with E-state index in [2.05, 4.69) is 53.4 Å². The van der Waals surface area contributed by atoms with Crippen molar-refractivity contribution in [1.29, 1.82) is 0 Å². The molecule has 1 saturated heterocycles. The lowest BCUT2D eigenvalue weighted by molar-refractivity contribution is 0.102. The first kappa shape index (κ1) is 23.6. The van der Waals surface area contributed by atoms with E-state index in [1.165, 1.54) is 12.5 Å². The van der Waals surface area contributed by atoms with Crippen LogP contribution >= 0.6 is 0 Å². The lowest BCUT2D eigenvalue weighted by atomic mass is 10.2. The highest BCUT2D eigenvalue weighted by molar-refractivity contribution is 6.07. The van der Waals surface area contributed by atoms with Crippen molar-refractivity contribution in [2.45, 2.75) is 6.54 Å². The Hall–Kier alpha value is -4.76. The molecule has 5 aromatic rings. The van der Waals surface area contributed by atoms with Crippen molar-refractivity contribution < 1.29 is 9.53 Å². The normalized spacial score (nSPS) is 13.4. The predicted molar refractivity (Wildman–Crippen MR) is 148 cm³/mol. The Morgan fingerprint density at radius 3 is 2.61 bits per heavy atom. The Balaban J connectivity index is 1.16. The zero-order valence-corrected chi connectivity index (χ0v) is 20.7. The predicted octanol–water partition coefficient (Wildman–Crippen LogP) is 4.71. The van der Waals surface area contributed by atoms with Crippen LogP contribution in [0.5, 0.6) is 0 Å². The molecule has 0 radical (unpaired) electrons.